The SMILES string of the molecule is C#CCOc1ccc(/C=N/NC(=O)c2ccc(OCCC)c(OCC)c2)cc1. The maximum Gasteiger partial charge on any atom is 0.271 e. The van der Waals surface area contributed by atoms with Crippen LogP contribution in [0.25, 0.3) is 0 Å². The predicted molar refractivity (Wildman–Crippen MR) is 109 cm³/mol. The average Bonchev–Trinajstić information content (AvgIpc) is 2.72. The van der Waals surface area contributed by atoms with Gasteiger partial charge in [0.05, 0.1) is 19.4 Å². The summed E-state index contributed by atoms with van der Waals surface area (Å²) >= 11 is 0. The predicted octanol–water partition coefficient (Wildman–Crippen LogP) is 3.65. The first kappa shape index (κ1) is 20.8. The summed E-state index contributed by atoms with van der Waals surface area (Å²) in [5, 5.41) is 3.99. The van der Waals surface area contributed by atoms with Gasteiger partial charge < -0.3 is 14.2 Å². The number of benzene rings is 2. The number of nitrogens with one attached hydrogen (secondary N) is 1. The van der Waals surface area contributed by atoms with Crippen molar-refractivity contribution in [3.63, 3.8) is 0 Å². The highest BCUT2D eigenvalue weighted by atomic mass is 16.5. The zero-order valence-corrected chi connectivity index (χ0v) is 16.1. The number of hydrogen-bond acceptors (Lipinski definition) is 5. The first-order valence-electron chi connectivity index (χ1n) is 9.07. The summed E-state index contributed by atoms with van der Waals surface area (Å²) in [5.74, 6) is 3.90. The second-order valence-corrected chi connectivity index (χ2v) is 5.70. The van der Waals surface area contributed by atoms with Crippen molar-refractivity contribution in [3.05, 3.63) is 53.6 Å². The Morgan fingerprint density at radius 1 is 1.11 bits per heavy atom. The first-order valence-corrected chi connectivity index (χ1v) is 9.07. The standard InChI is InChI=1S/C22H24N2O4/c1-4-13-27-19-10-7-17(8-11-19)16-23-24-22(25)18-9-12-20(28-14-5-2)21(15-18)26-6-3/h1,7-12,15-16H,5-6,13-14H2,2-3H3,(H,24,25)/b23-16+. The molecule has 6 heteroatoms. The fraction of sp³-hybridized carbons (Fsp3) is 0.273. The van der Waals surface area contributed by atoms with Gasteiger partial charge in [-0.2, -0.15) is 5.10 Å². The van der Waals surface area contributed by atoms with Crippen LogP contribution in [0, 0.1) is 12.3 Å². The lowest BCUT2D eigenvalue weighted by Gasteiger charge is -2.12. The maximum atomic E-state index is 12.3. The van der Waals surface area contributed by atoms with E-state index in [1.165, 1.54) is 0 Å². The molecule has 28 heavy (non-hydrogen) atoms. The van der Waals surface area contributed by atoms with Gasteiger partial charge in [-0.3, -0.25) is 4.79 Å². The molecule has 0 aliphatic carbocycles. The molecule has 146 valence electrons. The minimum atomic E-state index is -0.340. The van der Waals surface area contributed by atoms with Crippen molar-refractivity contribution in [3.8, 4) is 29.6 Å². The maximum absolute atomic E-state index is 12.3. The van der Waals surface area contributed by atoms with E-state index in [4.69, 9.17) is 20.6 Å². The van der Waals surface area contributed by atoms with Gasteiger partial charge in [-0.15, -0.1) is 6.42 Å². The van der Waals surface area contributed by atoms with Gasteiger partial charge in [0.25, 0.3) is 5.91 Å². The highest BCUT2D eigenvalue weighted by molar-refractivity contribution is 5.95. The number of carbonyl (C=O) groups excluding carboxylic acids is 1. The first-order chi connectivity index (χ1) is 13.7. The van der Waals surface area contributed by atoms with Crippen LogP contribution in [0.5, 0.6) is 17.2 Å². The number of nitrogens with zero attached hydrogens (tertiary/aromatic N) is 1. The summed E-state index contributed by atoms with van der Waals surface area (Å²) in [5.41, 5.74) is 3.75. The minimum Gasteiger partial charge on any atom is -0.490 e. The van der Waals surface area contributed by atoms with Crippen molar-refractivity contribution in [1.29, 1.82) is 0 Å². The average molecular weight is 380 g/mol. The summed E-state index contributed by atoms with van der Waals surface area (Å²) < 4.78 is 16.5. The summed E-state index contributed by atoms with van der Waals surface area (Å²) in [6, 6.07) is 12.2. The van der Waals surface area contributed by atoms with Gasteiger partial charge in [0.15, 0.2) is 11.5 Å². The van der Waals surface area contributed by atoms with Gasteiger partial charge in [-0.05, 0) is 61.4 Å². The Labute approximate surface area is 165 Å². The summed E-state index contributed by atoms with van der Waals surface area (Å²) in [6.07, 6.45) is 7.59. The Bertz CT molecular complexity index is 839. The van der Waals surface area contributed by atoms with Crippen LogP contribution in [-0.2, 0) is 0 Å². The van der Waals surface area contributed by atoms with Crippen molar-refractivity contribution in [1.82, 2.24) is 5.43 Å². The number of terminal acetylenes is 1. The molecule has 2 rings (SSSR count). The number of rotatable bonds is 10. The fourth-order valence-corrected chi connectivity index (χ4v) is 2.25. The molecule has 1 amide bonds. The van der Waals surface area contributed by atoms with Crippen molar-refractivity contribution in [2.45, 2.75) is 20.3 Å². The van der Waals surface area contributed by atoms with Crippen LogP contribution in [0.15, 0.2) is 47.6 Å². The molecule has 0 fully saturated rings. The van der Waals surface area contributed by atoms with Crippen molar-refractivity contribution < 1.29 is 19.0 Å². The lowest BCUT2D eigenvalue weighted by atomic mass is 10.2. The zero-order valence-electron chi connectivity index (χ0n) is 16.1. The largest absolute Gasteiger partial charge is 0.490 e. The second kappa shape index (κ2) is 11.3. The topological polar surface area (TPSA) is 69.2 Å². The molecule has 0 aliphatic rings. The van der Waals surface area contributed by atoms with Gasteiger partial charge >= 0.3 is 0 Å². The Kier molecular flexibility index (Phi) is 8.41. The molecule has 1 N–H and O–H groups in total. The Morgan fingerprint density at radius 3 is 2.57 bits per heavy atom. The number of ether oxygens (including phenoxy) is 3. The Morgan fingerprint density at radius 2 is 1.89 bits per heavy atom. The fourth-order valence-electron chi connectivity index (χ4n) is 2.25. The Balaban J connectivity index is 1.99. The van der Waals surface area contributed by atoms with E-state index in [9.17, 15) is 4.79 Å². The summed E-state index contributed by atoms with van der Waals surface area (Å²) in [4.78, 5) is 12.3. The third kappa shape index (κ3) is 6.36. The quantitative estimate of drug-likeness (QED) is 0.388. The third-order valence-corrected chi connectivity index (χ3v) is 3.55. The molecule has 6 nitrogen and oxygen atoms in total. The van der Waals surface area contributed by atoms with Gasteiger partial charge in [-0.25, -0.2) is 5.43 Å². The van der Waals surface area contributed by atoms with Crippen LogP contribution in [0.3, 0.4) is 0 Å². The molecule has 0 radical (unpaired) electrons. The number of amides is 1. The van der Waals surface area contributed by atoms with E-state index in [0.717, 1.165) is 12.0 Å². The monoisotopic (exact) mass is 380 g/mol. The van der Waals surface area contributed by atoms with E-state index in [2.05, 4.69) is 16.4 Å². The molecule has 0 saturated carbocycles. The number of carbonyl (C=O) groups is 1. The third-order valence-electron chi connectivity index (χ3n) is 3.55. The highest BCUT2D eigenvalue weighted by Gasteiger charge is 2.11. The summed E-state index contributed by atoms with van der Waals surface area (Å²) in [7, 11) is 0. The highest BCUT2D eigenvalue weighted by Crippen LogP contribution is 2.28. The van der Waals surface area contributed by atoms with Crippen LogP contribution < -0.4 is 19.6 Å². The van der Waals surface area contributed by atoms with Crippen LogP contribution in [0.4, 0.5) is 0 Å². The molecule has 0 bridgehead atoms. The minimum absolute atomic E-state index is 0.218. The van der Waals surface area contributed by atoms with E-state index in [1.54, 1.807) is 36.5 Å². The van der Waals surface area contributed by atoms with Gasteiger partial charge in [0.2, 0.25) is 0 Å². The van der Waals surface area contributed by atoms with E-state index in [0.29, 0.717) is 36.0 Å². The van der Waals surface area contributed by atoms with E-state index >= 15 is 0 Å². The van der Waals surface area contributed by atoms with Crippen LogP contribution in [0.2, 0.25) is 0 Å². The molecule has 0 unspecified atom stereocenters. The van der Waals surface area contributed by atoms with E-state index < -0.39 is 0 Å². The lowest BCUT2D eigenvalue weighted by Crippen LogP contribution is -2.17. The molecular formula is C22H24N2O4. The molecule has 0 atom stereocenters. The number of hydrazone groups is 1. The van der Waals surface area contributed by atoms with Crippen LogP contribution in [0.1, 0.15) is 36.2 Å². The van der Waals surface area contributed by atoms with Crippen molar-refractivity contribution in [2.24, 2.45) is 5.10 Å². The van der Waals surface area contributed by atoms with Crippen LogP contribution >= 0.6 is 0 Å². The van der Waals surface area contributed by atoms with Gasteiger partial charge in [0, 0.05) is 5.56 Å². The molecule has 0 spiro atoms. The van der Waals surface area contributed by atoms with E-state index in [-0.39, 0.29) is 12.5 Å². The normalized spacial score (nSPS) is 10.3. The zero-order chi connectivity index (χ0) is 20.2. The molecule has 0 aliphatic heterocycles. The van der Waals surface area contributed by atoms with Crippen LogP contribution in [-0.4, -0.2) is 31.9 Å². The lowest BCUT2D eigenvalue weighted by molar-refractivity contribution is 0.0954. The van der Waals surface area contributed by atoms with Crippen molar-refractivity contribution in [2.75, 3.05) is 19.8 Å². The molecule has 0 heterocycles. The number of hydrogen-bond donors (Lipinski definition) is 1. The molecule has 2 aromatic rings. The molecule has 0 saturated heterocycles. The molecular weight excluding hydrogens is 356 g/mol. The van der Waals surface area contributed by atoms with Gasteiger partial charge in [0.1, 0.15) is 12.4 Å². The second-order valence-electron chi connectivity index (χ2n) is 5.70. The van der Waals surface area contributed by atoms with E-state index in [1.807, 2.05) is 26.0 Å². The molecule has 2 aromatic carbocycles. The molecule has 0 aromatic heterocycles. The van der Waals surface area contributed by atoms with Crippen molar-refractivity contribution >= 4 is 12.1 Å². The smallest absolute Gasteiger partial charge is 0.271 e. The van der Waals surface area contributed by atoms with Gasteiger partial charge in [-0.1, -0.05) is 12.8 Å². The summed E-state index contributed by atoms with van der Waals surface area (Å²) in [6.45, 7) is 5.19. The Hall–Kier alpha value is -3.46.